The molecular weight excluding hydrogens is 160 g/mol. The molecule has 13 heavy (non-hydrogen) atoms. The average Bonchev–Trinajstić information content (AvgIpc) is 2.31. The molecule has 0 bridgehead atoms. The van der Waals surface area contributed by atoms with Crippen molar-refractivity contribution in [1.29, 1.82) is 0 Å². The zero-order valence-electron chi connectivity index (χ0n) is 9.33. The molecule has 0 aliphatic rings. The Balaban J connectivity index is 2.64. The van der Waals surface area contributed by atoms with Crippen molar-refractivity contribution < 1.29 is 0 Å². The first-order valence-electron chi connectivity index (χ1n) is 4.90. The Morgan fingerprint density at radius 3 is 2.46 bits per heavy atom. The van der Waals surface area contributed by atoms with Gasteiger partial charge < -0.3 is 0 Å². The molecule has 1 atom stereocenters. The van der Waals surface area contributed by atoms with Gasteiger partial charge in [0.15, 0.2) is 0 Å². The highest BCUT2D eigenvalue weighted by molar-refractivity contribution is 4.95. The van der Waals surface area contributed by atoms with Gasteiger partial charge in [-0.25, -0.2) is 0 Å². The number of hydrogen-bond donors (Lipinski definition) is 0. The maximum absolute atomic E-state index is 4.41. The van der Waals surface area contributed by atoms with Crippen molar-refractivity contribution in [3.05, 3.63) is 18.0 Å². The van der Waals surface area contributed by atoms with E-state index < -0.39 is 0 Å². The van der Waals surface area contributed by atoms with Crippen LogP contribution in [0.5, 0.6) is 0 Å². The van der Waals surface area contributed by atoms with E-state index >= 15 is 0 Å². The van der Waals surface area contributed by atoms with Gasteiger partial charge in [0.2, 0.25) is 0 Å². The van der Waals surface area contributed by atoms with Crippen LogP contribution in [-0.4, -0.2) is 9.78 Å². The normalized spacial score (nSPS) is 14.5. The molecule has 2 nitrogen and oxygen atoms in total. The molecule has 1 aromatic heterocycles. The molecule has 1 rings (SSSR count). The minimum Gasteiger partial charge on any atom is -0.270 e. The zero-order valence-corrected chi connectivity index (χ0v) is 9.33. The monoisotopic (exact) mass is 180 g/mol. The van der Waals surface area contributed by atoms with Gasteiger partial charge in [-0.3, -0.25) is 4.68 Å². The molecule has 0 aliphatic carbocycles. The van der Waals surface area contributed by atoms with E-state index in [9.17, 15) is 0 Å². The quantitative estimate of drug-likeness (QED) is 0.683. The standard InChI is InChI=1S/C11H20N2/c1-9-6-7-13(12-9)10(2)8-11(3,4)5/h6-7,10H,8H2,1-5H3. The van der Waals surface area contributed by atoms with Crippen molar-refractivity contribution in [2.24, 2.45) is 5.41 Å². The summed E-state index contributed by atoms with van der Waals surface area (Å²) in [5.74, 6) is 0. The summed E-state index contributed by atoms with van der Waals surface area (Å²) in [4.78, 5) is 0. The summed E-state index contributed by atoms with van der Waals surface area (Å²) >= 11 is 0. The third-order valence-corrected chi connectivity index (χ3v) is 2.10. The van der Waals surface area contributed by atoms with E-state index in [1.165, 1.54) is 0 Å². The lowest BCUT2D eigenvalue weighted by Gasteiger charge is -2.23. The fraction of sp³-hybridized carbons (Fsp3) is 0.727. The van der Waals surface area contributed by atoms with Gasteiger partial charge in [0.25, 0.3) is 0 Å². The Morgan fingerprint density at radius 1 is 1.46 bits per heavy atom. The van der Waals surface area contributed by atoms with Gasteiger partial charge in [0, 0.05) is 12.2 Å². The second kappa shape index (κ2) is 3.52. The summed E-state index contributed by atoms with van der Waals surface area (Å²) in [7, 11) is 0. The first-order valence-corrected chi connectivity index (χ1v) is 4.90. The SMILES string of the molecule is Cc1ccn(C(C)CC(C)(C)C)n1. The van der Waals surface area contributed by atoms with Gasteiger partial charge in [-0.15, -0.1) is 0 Å². The van der Waals surface area contributed by atoms with Crippen LogP contribution in [0.4, 0.5) is 0 Å². The maximum Gasteiger partial charge on any atom is 0.0593 e. The lowest BCUT2D eigenvalue weighted by Crippen LogP contribution is -2.15. The van der Waals surface area contributed by atoms with Crippen LogP contribution in [0.3, 0.4) is 0 Å². The molecule has 0 saturated heterocycles. The molecule has 0 aromatic carbocycles. The Labute approximate surface area is 81.0 Å². The maximum atomic E-state index is 4.41. The van der Waals surface area contributed by atoms with Gasteiger partial charge >= 0.3 is 0 Å². The number of aryl methyl sites for hydroxylation is 1. The van der Waals surface area contributed by atoms with Gasteiger partial charge in [0.1, 0.15) is 0 Å². The van der Waals surface area contributed by atoms with Crippen molar-refractivity contribution in [2.45, 2.75) is 47.1 Å². The Bertz CT molecular complexity index is 268. The van der Waals surface area contributed by atoms with E-state index in [1.54, 1.807) is 0 Å². The first-order chi connectivity index (χ1) is 5.88. The van der Waals surface area contributed by atoms with E-state index in [4.69, 9.17) is 0 Å². The Morgan fingerprint density at radius 2 is 2.08 bits per heavy atom. The fourth-order valence-electron chi connectivity index (χ4n) is 1.66. The molecule has 0 fully saturated rings. The fourth-order valence-corrected chi connectivity index (χ4v) is 1.66. The third-order valence-electron chi connectivity index (χ3n) is 2.10. The van der Waals surface area contributed by atoms with Crippen molar-refractivity contribution in [1.82, 2.24) is 9.78 Å². The molecule has 0 N–H and O–H groups in total. The summed E-state index contributed by atoms with van der Waals surface area (Å²) in [5, 5.41) is 4.41. The van der Waals surface area contributed by atoms with Crippen LogP contribution in [0, 0.1) is 12.3 Å². The number of rotatable bonds is 2. The van der Waals surface area contributed by atoms with Crippen LogP contribution in [-0.2, 0) is 0 Å². The van der Waals surface area contributed by atoms with E-state index in [-0.39, 0.29) is 0 Å². The average molecular weight is 180 g/mol. The van der Waals surface area contributed by atoms with Gasteiger partial charge in [-0.05, 0) is 31.7 Å². The second-order valence-corrected chi connectivity index (χ2v) is 5.05. The topological polar surface area (TPSA) is 17.8 Å². The molecule has 0 radical (unpaired) electrons. The molecule has 2 heteroatoms. The molecule has 1 aromatic rings. The number of hydrogen-bond acceptors (Lipinski definition) is 1. The molecule has 1 unspecified atom stereocenters. The van der Waals surface area contributed by atoms with Crippen LogP contribution < -0.4 is 0 Å². The van der Waals surface area contributed by atoms with Crippen molar-refractivity contribution in [3.63, 3.8) is 0 Å². The van der Waals surface area contributed by atoms with Gasteiger partial charge in [0.05, 0.1) is 5.69 Å². The van der Waals surface area contributed by atoms with Crippen molar-refractivity contribution in [3.8, 4) is 0 Å². The molecule has 0 amide bonds. The predicted molar refractivity (Wildman–Crippen MR) is 55.7 cm³/mol. The van der Waals surface area contributed by atoms with E-state index in [0.717, 1.165) is 12.1 Å². The minimum atomic E-state index is 0.374. The molecule has 74 valence electrons. The Kier molecular flexibility index (Phi) is 2.79. The van der Waals surface area contributed by atoms with E-state index in [0.29, 0.717) is 11.5 Å². The Hall–Kier alpha value is -0.790. The molecule has 0 aliphatic heterocycles. The highest BCUT2D eigenvalue weighted by Gasteiger charge is 2.16. The lowest BCUT2D eigenvalue weighted by molar-refractivity contribution is 0.292. The predicted octanol–water partition coefficient (Wildman–Crippen LogP) is 3.19. The van der Waals surface area contributed by atoms with Crippen molar-refractivity contribution in [2.75, 3.05) is 0 Å². The number of aromatic nitrogens is 2. The van der Waals surface area contributed by atoms with Crippen LogP contribution in [0.25, 0.3) is 0 Å². The summed E-state index contributed by atoms with van der Waals surface area (Å²) in [5.41, 5.74) is 1.47. The summed E-state index contributed by atoms with van der Waals surface area (Å²) in [6.45, 7) is 11.0. The van der Waals surface area contributed by atoms with Crippen LogP contribution in [0.1, 0.15) is 45.9 Å². The van der Waals surface area contributed by atoms with Crippen LogP contribution in [0.15, 0.2) is 12.3 Å². The minimum absolute atomic E-state index is 0.374. The van der Waals surface area contributed by atoms with Crippen LogP contribution in [0.2, 0.25) is 0 Å². The highest BCUT2D eigenvalue weighted by atomic mass is 15.3. The highest BCUT2D eigenvalue weighted by Crippen LogP contribution is 2.26. The summed E-state index contributed by atoms with van der Waals surface area (Å²) in [6, 6.07) is 2.55. The van der Waals surface area contributed by atoms with E-state index in [2.05, 4.69) is 49.7 Å². The van der Waals surface area contributed by atoms with Gasteiger partial charge in [-0.2, -0.15) is 5.10 Å². The first kappa shape index (κ1) is 10.3. The smallest absolute Gasteiger partial charge is 0.0593 e. The van der Waals surface area contributed by atoms with Gasteiger partial charge in [-0.1, -0.05) is 20.8 Å². The molecule has 0 spiro atoms. The summed E-state index contributed by atoms with van der Waals surface area (Å²) < 4.78 is 2.06. The van der Waals surface area contributed by atoms with Crippen molar-refractivity contribution >= 4 is 0 Å². The molecule has 1 heterocycles. The van der Waals surface area contributed by atoms with Crippen LogP contribution >= 0.6 is 0 Å². The second-order valence-electron chi connectivity index (χ2n) is 5.05. The summed E-state index contributed by atoms with van der Waals surface area (Å²) in [6.07, 6.45) is 3.22. The molecule has 0 saturated carbocycles. The van der Waals surface area contributed by atoms with E-state index in [1.807, 2.05) is 6.92 Å². The lowest BCUT2D eigenvalue weighted by atomic mass is 9.89. The zero-order chi connectivity index (χ0) is 10.1. The third kappa shape index (κ3) is 3.21. The number of nitrogens with zero attached hydrogens (tertiary/aromatic N) is 2. The largest absolute Gasteiger partial charge is 0.270 e. The molecular formula is C11H20N2.